The monoisotopic (exact) mass is 314 g/mol. The largest absolute Gasteiger partial charge is 0.374 e. The van der Waals surface area contributed by atoms with Crippen LogP contribution in [0, 0.1) is 0 Å². The van der Waals surface area contributed by atoms with Crippen molar-refractivity contribution >= 4 is 5.91 Å². The van der Waals surface area contributed by atoms with E-state index < -0.39 is 0 Å². The molecule has 1 aliphatic heterocycles. The molecule has 2 aromatic rings. The van der Waals surface area contributed by atoms with Crippen molar-refractivity contribution < 1.29 is 9.53 Å². The van der Waals surface area contributed by atoms with Gasteiger partial charge in [-0.3, -0.25) is 14.8 Å². The number of hydrogen-bond acceptors (Lipinski definition) is 4. The topological polar surface area (TPSA) is 70.2 Å². The first kappa shape index (κ1) is 15.7. The number of aromatic amines is 1. The van der Waals surface area contributed by atoms with Gasteiger partial charge in [0.05, 0.1) is 24.5 Å². The van der Waals surface area contributed by atoms with E-state index >= 15 is 0 Å². The van der Waals surface area contributed by atoms with Gasteiger partial charge in [-0.25, -0.2) is 0 Å². The number of rotatable bonds is 6. The van der Waals surface area contributed by atoms with E-state index in [4.69, 9.17) is 4.74 Å². The van der Waals surface area contributed by atoms with Gasteiger partial charge in [0, 0.05) is 32.4 Å². The van der Waals surface area contributed by atoms with Gasteiger partial charge in [0.1, 0.15) is 0 Å². The van der Waals surface area contributed by atoms with Gasteiger partial charge < -0.3 is 10.1 Å². The van der Waals surface area contributed by atoms with E-state index in [1.54, 1.807) is 6.20 Å². The third kappa shape index (κ3) is 4.64. The molecule has 23 heavy (non-hydrogen) atoms. The van der Waals surface area contributed by atoms with Crippen molar-refractivity contribution in [3.05, 3.63) is 53.9 Å². The molecule has 2 heterocycles. The number of amides is 1. The normalized spacial score (nSPS) is 18.7. The van der Waals surface area contributed by atoms with Gasteiger partial charge in [-0.05, 0) is 12.0 Å². The van der Waals surface area contributed by atoms with Crippen LogP contribution in [0.3, 0.4) is 0 Å². The highest BCUT2D eigenvalue weighted by Gasteiger charge is 2.21. The second kappa shape index (κ2) is 7.89. The van der Waals surface area contributed by atoms with Crippen molar-refractivity contribution in [2.24, 2.45) is 0 Å². The molecule has 1 atom stereocenters. The molecule has 1 unspecified atom stereocenters. The van der Waals surface area contributed by atoms with Crippen LogP contribution in [-0.2, 0) is 11.2 Å². The Balaban J connectivity index is 1.42. The fraction of sp³-hybridized carbons (Fsp3) is 0.412. The third-order valence-corrected chi connectivity index (χ3v) is 4.03. The minimum Gasteiger partial charge on any atom is -0.374 e. The Bertz CT molecular complexity index is 600. The van der Waals surface area contributed by atoms with Crippen molar-refractivity contribution in [2.75, 3.05) is 32.8 Å². The zero-order valence-corrected chi connectivity index (χ0v) is 13.1. The number of nitrogens with one attached hydrogen (secondary N) is 2. The Hall–Kier alpha value is -2.18. The van der Waals surface area contributed by atoms with Gasteiger partial charge in [0.25, 0.3) is 5.91 Å². The molecule has 0 saturated carbocycles. The predicted octanol–water partition coefficient (Wildman–Crippen LogP) is 1.08. The van der Waals surface area contributed by atoms with Crippen LogP contribution in [0.4, 0.5) is 0 Å². The molecule has 6 heteroatoms. The van der Waals surface area contributed by atoms with E-state index in [1.165, 1.54) is 11.8 Å². The first-order valence-electron chi connectivity index (χ1n) is 7.96. The average Bonchev–Trinajstić information content (AvgIpc) is 3.14. The summed E-state index contributed by atoms with van der Waals surface area (Å²) in [6, 6.07) is 10.5. The molecule has 2 N–H and O–H groups in total. The maximum absolute atomic E-state index is 11.9. The summed E-state index contributed by atoms with van der Waals surface area (Å²) < 4.78 is 5.75. The van der Waals surface area contributed by atoms with Crippen molar-refractivity contribution in [3.63, 3.8) is 0 Å². The number of nitrogens with zero attached hydrogens (tertiary/aromatic N) is 2. The smallest absolute Gasteiger partial charge is 0.254 e. The molecule has 3 rings (SSSR count). The standard InChI is InChI=1S/C17H22N4O2/c22-17(15-10-19-20-11-15)18-12-16-13-21(8-9-23-16)7-6-14-4-2-1-3-5-14/h1-5,10-11,16H,6-9,12-13H2,(H,18,22)(H,19,20). The Labute approximate surface area is 135 Å². The summed E-state index contributed by atoms with van der Waals surface area (Å²) in [5.74, 6) is -0.122. The highest BCUT2D eigenvalue weighted by molar-refractivity contribution is 5.93. The molecule has 1 aromatic carbocycles. The molecule has 6 nitrogen and oxygen atoms in total. The van der Waals surface area contributed by atoms with Crippen LogP contribution in [-0.4, -0.2) is 59.9 Å². The zero-order valence-electron chi connectivity index (χ0n) is 13.1. The molecule has 122 valence electrons. The zero-order chi connectivity index (χ0) is 15.9. The summed E-state index contributed by atoms with van der Waals surface area (Å²) in [6.07, 6.45) is 4.18. The fourth-order valence-electron chi connectivity index (χ4n) is 2.72. The van der Waals surface area contributed by atoms with Gasteiger partial charge in [0.2, 0.25) is 0 Å². The Kier molecular flexibility index (Phi) is 5.39. The van der Waals surface area contributed by atoms with Gasteiger partial charge in [-0.2, -0.15) is 5.10 Å². The van der Waals surface area contributed by atoms with E-state index in [2.05, 4.69) is 44.7 Å². The lowest BCUT2D eigenvalue weighted by atomic mass is 10.1. The number of benzene rings is 1. The summed E-state index contributed by atoms with van der Waals surface area (Å²) in [5.41, 5.74) is 1.89. The molecule has 1 fully saturated rings. The summed E-state index contributed by atoms with van der Waals surface area (Å²) in [4.78, 5) is 14.3. The Morgan fingerprint density at radius 3 is 3.04 bits per heavy atom. The summed E-state index contributed by atoms with van der Waals surface area (Å²) in [7, 11) is 0. The molecular weight excluding hydrogens is 292 g/mol. The van der Waals surface area contributed by atoms with Crippen LogP contribution in [0.1, 0.15) is 15.9 Å². The highest BCUT2D eigenvalue weighted by atomic mass is 16.5. The Morgan fingerprint density at radius 2 is 2.26 bits per heavy atom. The first-order valence-corrected chi connectivity index (χ1v) is 7.96. The molecule has 1 aromatic heterocycles. The quantitative estimate of drug-likeness (QED) is 0.837. The van der Waals surface area contributed by atoms with Gasteiger partial charge in [-0.1, -0.05) is 30.3 Å². The maximum Gasteiger partial charge on any atom is 0.254 e. The van der Waals surface area contributed by atoms with Crippen molar-refractivity contribution in [1.82, 2.24) is 20.4 Å². The van der Waals surface area contributed by atoms with Crippen LogP contribution in [0.25, 0.3) is 0 Å². The SMILES string of the molecule is O=C(NCC1CN(CCc2ccccc2)CCO1)c1cn[nH]c1. The van der Waals surface area contributed by atoms with Crippen LogP contribution in [0.5, 0.6) is 0 Å². The molecule has 1 aliphatic rings. The van der Waals surface area contributed by atoms with Crippen LogP contribution >= 0.6 is 0 Å². The van der Waals surface area contributed by atoms with Gasteiger partial charge in [-0.15, -0.1) is 0 Å². The molecule has 1 saturated heterocycles. The number of hydrogen-bond donors (Lipinski definition) is 2. The molecular formula is C17H22N4O2. The van der Waals surface area contributed by atoms with E-state index in [9.17, 15) is 4.79 Å². The molecule has 1 amide bonds. The number of aromatic nitrogens is 2. The van der Waals surface area contributed by atoms with E-state index in [1.807, 2.05) is 6.07 Å². The van der Waals surface area contributed by atoms with Crippen LogP contribution in [0.2, 0.25) is 0 Å². The minimum absolute atomic E-state index is 0.0374. The van der Waals surface area contributed by atoms with E-state index in [0.717, 1.165) is 26.1 Å². The number of ether oxygens (including phenoxy) is 1. The summed E-state index contributed by atoms with van der Waals surface area (Å²) in [5, 5.41) is 9.31. The van der Waals surface area contributed by atoms with Crippen molar-refractivity contribution in [3.8, 4) is 0 Å². The molecule has 0 aliphatic carbocycles. The van der Waals surface area contributed by atoms with Gasteiger partial charge >= 0.3 is 0 Å². The lowest BCUT2D eigenvalue weighted by Gasteiger charge is -2.33. The second-order valence-corrected chi connectivity index (χ2v) is 5.73. The number of morpholine rings is 1. The predicted molar refractivity (Wildman–Crippen MR) is 87.2 cm³/mol. The Morgan fingerprint density at radius 1 is 1.39 bits per heavy atom. The minimum atomic E-state index is -0.122. The fourth-order valence-corrected chi connectivity index (χ4v) is 2.72. The number of carbonyl (C=O) groups is 1. The van der Waals surface area contributed by atoms with Crippen LogP contribution < -0.4 is 5.32 Å². The van der Waals surface area contributed by atoms with Crippen LogP contribution in [0.15, 0.2) is 42.7 Å². The number of H-pyrrole nitrogens is 1. The van der Waals surface area contributed by atoms with Crippen molar-refractivity contribution in [1.29, 1.82) is 0 Å². The third-order valence-electron chi connectivity index (χ3n) is 4.03. The lowest BCUT2D eigenvalue weighted by molar-refractivity contribution is -0.0259. The number of carbonyl (C=O) groups excluding carboxylic acids is 1. The lowest BCUT2D eigenvalue weighted by Crippen LogP contribution is -2.48. The first-order chi connectivity index (χ1) is 11.3. The summed E-state index contributed by atoms with van der Waals surface area (Å²) in [6.45, 7) is 4.03. The highest BCUT2D eigenvalue weighted by Crippen LogP contribution is 2.07. The van der Waals surface area contributed by atoms with Crippen molar-refractivity contribution in [2.45, 2.75) is 12.5 Å². The maximum atomic E-state index is 11.9. The molecule has 0 bridgehead atoms. The molecule has 0 spiro atoms. The van der Waals surface area contributed by atoms with E-state index in [0.29, 0.717) is 18.7 Å². The van der Waals surface area contributed by atoms with Gasteiger partial charge in [0.15, 0.2) is 0 Å². The van der Waals surface area contributed by atoms with E-state index in [-0.39, 0.29) is 12.0 Å². The second-order valence-electron chi connectivity index (χ2n) is 5.73. The summed E-state index contributed by atoms with van der Waals surface area (Å²) >= 11 is 0. The average molecular weight is 314 g/mol. The molecule has 0 radical (unpaired) electrons.